The Hall–Kier alpha value is -4.47. The van der Waals surface area contributed by atoms with Crippen LogP contribution in [0.3, 0.4) is 0 Å². The molecule has 0 radical (unpaired) electrons. The van der Waals surface area contributed by atoms with Crippen molar-refractivity contribution in [3.05, 3.63) is 101 Å². The summed E-state index contributed by atoms with van der Waals surface area (Å²) in [7, 11) is 0. The number of nitrogens with zero attached hydrogens (tertiary/aromatic N) is 5. The molecule has 2 aromatic carbocycles. The van der Waals surface area contributed by atoms with E-state index in [1.165, 1.54) is 6.07 Å². The van der Waals surface area contributed by atoms with Crippen molar-refractivity contribution in [2.75, 3.05) is 5.32 Å². The highest BCUT2D eigenvalue weighted by Crippen LogP contribution is 2.32. The first-order valence-electron chi connectivity index (χ1n) is 11.5. The summed E-state index contributed by atoms with van der Waals surface area (Å²) in [5.41, 5.74) is 3.51. The highest BCUT2D eigenvalue weighted by molar-refractivity contribution is 6.03. The summed E-state index contributed by atoms with van der Waals surface area (Å²) in [4.78, 5) is 17.2. The normalized spacial score (nSPS) is 11.7. The van der Waals surface area contributed by atoms with Crippen molar-refractivity contribution in [3.8, 4) is 11.3 Å². The topological polar surface area (TPSA) is 77.1 Å². The zero-order chi connectivity index (χ0) is 26.3. The van der Waals surface area contributed by atoms with Gasteiger partial charge in [-0.3, -0.25) is 9.48 Å². The second kappa shape index (κ2) is 9.20. The van der Waals surface area contributed by atoms with E-state index in [1.807, 2.05) is 51.1 Å². The molecule has 7 nitrogen and oxygen atoms in total. The monoisotopic (exact) mass is 504 g/mol. The number of carbonyl (C=O) groups is 1. The number of aryl methyl sites for hydroxylation is 3. The summed E-state index contributed by atoms with van der Waals surface area (Å²) in [5.74, 6) is -0.430. The molecule has 0 saturated carbocycles. The van der Waals surface area contributed by atoms with Gasteiger partial charge in [0.05, 0.1) is 12.2 Å². The minimum atomic E-state index is -4.70. The maximum absolute atomic E-state index is 13.9. The molecule has 0 aliphatic rings. The molecule has 0 saturated heterocycles. The van der Waals surface area contributed by atoms with Crippen LogP contribution in [0, 0.1) is 20.8 Å². The van der Waals surface area contributed by atoms with Crippen LogP contribution in [0.25, 0.3) is 16.9 Å². The average Bonchev–Trinajstić information content (AvgIpc) is 3.47. The number of alkyl halides is 3. The van der Waals surface area contributed by atoms with Crippen LogP contribution in [-0.2, 0) is 12.7 Å². The zero-order valence-electron chi connectivity index (χ0n) is 20.3. The number of benzene rings is 2. The summed E-state index contributed by atoms with van der Waals surface area (Å²) in [5, 5.41) is 10.8. The Morgan fingerprint density at radius 3 is 2.38 bits per heavy atom. The molecular weight excluding hydrogens is 481 g/mol. The minimum absolute atomic E-state index is 0.0851. The molecular formula is C27H23F3N6O. The molecule has 0 bridgehead atoms. The summed E-state index contributed by atoms with van der Waals surface area (Å²) >= 11 is 0. The van der Waals surface area contributed by atoms with Crippen LogP contribution in [0.15, 0.2) is 66.9 Å². The van der Waals surface area contributed by atoms with Gasteiger partial charge < -0.3 is 5.32 Å². The quantitative estimate of drug-likeness (QED) is 0.326. The number of amides is 1. The standard InChI is InChI=1S/C27H23F3N6O/c1-16-4-7-19(8-5-16)15-35-11-10-24(34-35)32-26(37)22-14-25-31-21(20-9-6-17(2)18(3)12-20)13-23(27(28,29)30)36(25)33-22/h4-14H,15H2,1-3H3,(H,32,34,37). The second-order valence-electron chi connectivity index (χ2n) is 8.96. The Morgan fingerprint density at radius 2 is 1.68 bits per heavy atom. The SMILES string of the molecule is Cc1ccc(Cn2ccc(NC(=O)c3cc4nc(-c5ccc(C)c(C)c5)cc(C(F)(F)F)n4n3)n2)cc1. The van der Waals surface area contributed by atoms with Gasteiger partial charge in [0.2, 0.25) is 0 Å². The van der Waals surface area contributed by atoms with Gasteiger partial charge >= 0.3 is 6.18 Å². The number of nitrogens with one attached hydrogen (secondary N) is 1. The lowest BCUT2D eigenvalue weighted by Crippen LogP contribution is -2.16. The van der Waals surface area contributed by atoms with E-state index >= 15 is 0 Å². The molecule has 188 valence electrons. The van der Waals surface area contributed by atoms with Crippen molar-refractivity contribution in [2.45, 2.75) is 33.5 Å². The van der Waals surface area contributed by atoms with Gasteiger partial charge in [-0.1, -0.05) is 42.0 Å². The molecule has 0 spiro atoms. The van der Waals surface area contributed by atoms with Crippen LogP contribution in [0.4, 0.5) is 19.0 Å². The van der Waals surface area contributed by atoms with Crippen LogP contribution in [0.5, 0.6) is 0 Å². The van der Waals surface area contributed by atoms with E-state index in [9.17, 15) is 18.0 Å². The molecule has 1 amide bonds. The van der Waals surface area contributed by atoms with E-state index in [4.69, 9.17) is 0 Å². The number of carbonyl (C=O) groups excluding carboxylic acids is 1. The molecule has 0 fully saturated rings. The third kappa shape index (κ3) is 5.09. The van der Waals surface area contributed by atoms with Crippen molar-refractivity contribution < 1.29 is 18.0 Å². The molecule has 37 heavy (non-hydrogen) atoms. The number of rotatable bonds is 5. The van der Waals surface area contributed by atoms with E-state index < -0.39 is 17.8 Å². The largest absolute Gasteiger partial charge is 0.433 e. The lowest BCUT2D eigenvalue weighted by molar-refractivity contribution is -0.142. The Labute approximate surface area is 210 Å². The van der Waals surface area contributed by atoms with Crippen molar-refractivity contribution in [1.29, 1.82) is 0 Å². The van der Waals surface area contributed by atoms with Gasteiger partial charge in [0.1, 0.15) is 0 Å². The smallest absolute Gasteiger partial charge is 0.304 e. The van der Waals surface area contributed by atoms with Crippen LogP contribution in [0.1, 0.15) is 38.4 Å². The van der Waals surface area contributed by atoms with E-state index in [1.54, 1.807) is 29.1 Å². The summed E-state index contributed by atoms with van der Waals surface area (Å²) < 4.78 is 44.1. The van der Waals surface area contributed by atoms with E-state index in [0.29, 0.717) is 16.6 Å². The number of anilines is 1. The third-order valence-electron chi connectivity index (χ3n) is 6.10. The maximum Gasteiger partial charge on any atom is 0.433 e. The maximum atomic E-state index is 13.9. The molecule has 0 aliphatic carbocycles. The molecule has 5 rings (SSSR count). The predicted molar refractivity (Wildman–Crippen MR) is 133 cm³/mol. The minimum Gasteiger partial charge on any atom is -0.304 e. The number of halogens is 3. The third-order valence-corrected chi connectivity index (χ3v) is 6.10. The highest BCUT2D eigenvalue weighted by atomic mass is 19.4. The Morgan fingerprint density at radius 1 is 0.919 bits per heavy atom. The molecule has 0 atom stereocenters. The van der Waals surface area contributed by atoms with Crippen molar-refractivity contribution in [2.24, 2.45) is 0 Å². The fourth-order valence-corrected chi connectivity index (χ4v) is 3.91. The van der Waals surface area contributed by atoms with Gasteiger partial charge in [-0.05, 0) is 49.6 Å². The molecule has 10 heteroatoms. The van der Waals surface area contributed by atoms with Gasteiger partial charge in [-0.2, -0.15) is 23.4 Å². The van der Waals surface area contributed by atoms with Gasteiger partial charge in [0.15, 0.2) is 22.9 Å². The number of hydrogen-bond acceptors (Lipinski definition) is 4. The number of aromatic nitrogens is 5. The Balaban J connectivity index is 1.43. The zero-order valence-corrected chi connectivity index (χ0v) is 20.3. The Bertz CT molecular complexity index is 1620. The molecule has 3 aromatic heterocycles. The number of hydrogen-bond donors (Lipinski definition) is 1. The van der Waals surface area contributed by atoms with E-state index in [2.05, 4.69) is 20.5 Å². The average molecular weight is 505 g/mol. The molecule has 1 N–H and O–H groups in total. The van der Waals surface area contributed by atoms with Crippen molar-refractivity contribution in [3.63, 3.8) is 0 Å². The fourth-order valence-electron chi connectivity index (χ4n) is 3.91. The van der Waals surface area contributed by atoms with Gasteiger partial charge in [-0.25, -0.2) is 9.50 Å². The first-order chi connectivity index (χ1) is 17.6. The fraction of sp³-hybridized carbons (Fsp3) is 0.185. The summed E-state index contributed by atoms with van der Waals surface area (Å²) in [6.07, 6.45) is -3.00. The Kier molecular flexibility index (Phi) is 6.02. The van der Waals surface area contributed by atoms with Gasteiger partial charge in [0, 0.05) is 23.9 Å². The lowest BCUT2D eigenvalue weighted by atomic mass is 10.0. The lowest BCUT2D eigenvalue weighted by Gasteiger charge is -2.11. The molecule has 5 aromatic rings. The highest BCUT2D eigenvalue weighted by Gasteiger charge is 2.35. The van der Waals surface area contributed by atoms with E-state index in [0.717, 1.165) is 28.3 Å². The second-order valence-corrected chi connectivity index (χ2v) is 8.96. The predicted octanol–water partition coefficient (Wildman–Crippen LogP) is 5.84. The van der Waals surface area contributed by atoms with Gasteiger partial charge in [0.25, 0.3) is 5.91 Å². The van der Waals surface area contributed by atoms with Crippen LogP contribution in [-0.4, -0.2) is 30.3 Å². The first kappa shape index (κ1) is 24.2. The van der Waals surface area contributed by atoms with Crippen LogP contribution < -0.4 is 5.32 Å². The first-order valence-corrected chi connectivity index (χ1v) is 11.5. The molecule has 3 heterocycles. The molecule has 0 aliphatic heterocycles. The van der Waals surface area contributed by atoms with Crippen molar-refractivity contribution in [1.82, 2.24) is 24.4 Å². The van der Waals surface area contributed by atoms with Crippen molar-refractivity contribution >= 4 is 17.4 Å². The number of fused-ring (bicyclic) bond motifs is 1. The van der Waals surface area contributed by atoms with Gasteiger partial charge in [-0.15, -0.1) is 0 Å². The van der Waals surface area contributed by atoms with E-state index in [-0.39, 0.29) is 22.9 Å². The summed E-state index contributed by atoms with van der Waals surface area (Å²) in [6.45, 7) is 6.31. The molecule has 0 unspecified atom stereocenters. The summed E-state index contributed by atoms with van der Waals surface area (Å²) in [6, 6.07) is 17.1. The van der Waals surface area contributed by atoms with Crippen LogP contribution >= 0.6 is 0 Å². The van der Waals surface area contributed by atoms with Crippen LogP contribution in [0.2, 0.25) is 0 Å².